The lowest BCUT2D eigenvalue weighted by Gasteiger charge is -2.09. The maximum Gasteiger partial charge on any atom is 0.149 e. The maximum atomic E-state index is 13.3. The van der Waals surface area contributed by atoms with Gasteiger partial charge in [0.1, 0.15) is 18.2 Å². The predicted octanol–water partition coefficient (Wildman–Crippen LogP) is 3.54. The van der Waals surface area contributed by atoms with E-state index in [-0.39, 0.29) is 5.69 Å². The Labute approximate surface area is 115 Å². The van der Waals surface area contributed by atoms with Crippen molar-refractivity contribution in [3.8, 4) is 5.75 Å². The van der Waals surface area contributed by atoms with Crippen LogP contribution in [0.1, 0.15) is 5.56 Å². The fraction of sp³-hybridized carbons (Fsp3) is 0.0625. The van der Waals surface area contributed by atoms with Crippen LogP contribution in [0.25, 0.3) is 10.9 Å². The summed E-state index contributed by atoms with van der Waals surface area (Å²) in [4.78, 5) is 4.29. The zero-order chi connectivity index (χ0) is 13.9. The molecule has 3 nitrogen and oxygen atoms in total. The van der Waals surface area contributed by atoms with Crippen LogP contribution in [-0.2, 0) is 6.61 Å². The Morgan fingerprint density at radius 2 is 1.95 bits per heavy atom. The standard InChI is InChI=1S/C16H13FN2O/c17-14-9-12(5-6-15(14)18)20-10-11-7-8-19-16-4-2-1-3-13(11)16/h1-9H,10,18H2. The lowest BCUT2D eigenvalue weighted by Crippen LogP contribution is -1.98. The molecule has 1 aromatic heterocycles. The normalized spacial score (nSPS) is 10.7. The summed E-state index contributed by atoms with van der Waals surface area (Å²) in [5.41, 5.74) is 7.47. The number of halogens is 1. The number of hydrogen-bond donors (Lipinski definition) is 1. The molecule has 1 heterocycles. The van der Waals surface area contributed by atoms with E-state index in [9.17, 15) is 4.39 Å². The Morgan fingerprint density at radius 1 is 1.10 bits per heavy atom. The third-order valence-corrected chi connectivity index (χ3v) is 3.11. The average molecular weight is 268 g/mol. The summed E-state index contributed by atoms with van der Waals surface area (Å²) in [6.45, 7) is 0.354. The van der Waals surface area contributed by atoms with Crippen molar-refractivity contribution in [3.05, 3.63) is 66.1 Å². The zero-order valence-electron chi connectivity index (χ0n) is 10.7. The minimum absolute atomic E-state index is 0.117. The lowest BCUT2D eigenvalue weighted by molar-refractivity contribution is 0.306. The van der Waals surface area contributed by atoms with Crippen LogP contribution in [-0.4, -0.2) is 4.98 Å². The highest BCUT2D eigenvalue weighted by Gasteiger charge is 2.04. The summed E-state index contributed by atoms with van der Waals surface area (Å²) < 4.78 is 19.0. The van der Waals surface area contributed by atoms with Gasteiger partial charge in [0.25, 0.3) is 0 Å². The SMILES string of the molecule is Nc1ccc(OCc2ccnc3ccccc23)cc1F. The molecule has 20 heavy (non-hydrogen) atoms. The zero-order valence-corrected chi connectivity index (χ0v) is 10.7. The van der Waals surface area contributed by atoms with Gasteiger partial charge in [-0.25, -0.2) is 4.39 Å². The number of nitrogen functional groups attached to an aromatic ring is 1. The van der Waals surface area contributed by atoms with E-state index in [1.165, 1.54) is 12.1 Å². The maximum absolute atomic E-state index is 13.3. The Kier molecular flexibility index (Phi) is 3.21. The second-order valence-electron chi connectivity index (χ2n) is 4.46. The van der Waals surface area contributed by atoms with Crippen LogP contribution in [0.4, 0.5) is 10.1 Å². The third-order valence-electron chi connectivity index (χ3n) is 3.11. The van der Waals surface area contributed by atoms with E-state index in [0.29, 0.717) is 12.4 Å². The van der Waals surface area contributed by atoms with Gasteiger partial charge < -0.3 is 10.5 Å². The van der Waals surface area contributed by atoms with Crippen molar-refractivity contribution in [2.45, 2.75) is 6.61 Å². The number of hydrogen-bond acceptors (Lipinski definition) is 3. The minimum atomic E-state index is -0.470. The van der Waals surface area contributed by atoms with Gasteiger partial charge in [-0.2, -0.15) is 0 Å². The van der Waals surface area contributed by atoms with E-state index in [4.69, 9.17) is 10.5 Å². The summed E-state index contributed by atoms with van der Waals surface area (Å²) in [5, 5.41) is 1.03. The summed E-state index contributed by atoms with van der Waals surface area (Å²) >= 11 is 0. The highest BCUT2D eigenvalue weighted by atomic mass is 19.1. The summed E-state index contributed by atoms with van der Waals surface area (Å²) in [6, 6.07) is 14.2. The molecule has 0 radical (unpaired) electrons. The number of para-hydroxylation sites is 1. The van der Waals surface area contributed by atoms with Gasteiger partial charge in [-0.1, -0.05) is 18.2 Å². The van der Waals surface area contributed by atoms with Crippen molar-refractivity contribution in [3.63, 3.8) is 0 Å². The highest BCUT2D eigenvalue weighted by Crippen LogP contribution is 2.21. The van der Waals surface area contributed by atoms with E-state index in [1.807, 2.05) is 30.3 Å². The first-order chi connectivity index (χ1) is 9.74. The van der Waals surface area contributed by atoms with Crippen molar-refractivity contribution in [2.75, 3.05) is 5.73 Å². The van der Waals surface area contributed by atoms with E-state index < -0.39 is 5.82 Å². The molecule has 0 amide bonds. The van der Waals surface area contributed by atoms with Crippen LogP contribution < -0.4 is 10.5 Å². The Bertz CT molecular complexity index is 753. The number of aromatic nitrogens is 1. The largest absolute Gasteiger partial charge is 0.489 e. The molecule has 3 aromatic rings. The first-order valence-corrected chi connectivity index (χ1v) is 6.24. The molecule has 2 aromatic carbocycles. The Balaban J connectivity index is 1.85. The molecule has 0 aliphatic heterocycles. The number of pyridine rings is 1. The molecule has 0 bridgehead atoms. The van der Waals surface area contributed by atoms with Crippen molar-refractivity contribution in [1.29, 1.82) is 0 Å². The van der Waals surface area contributed by atoms with Crippen LogP contribution in [0.5, 0.6) is 5.75 Å². The van der Waals surface area contributed by atoms with Gasteiger partial charge in [-0.05, 0) is 24.3 Å². The smallest absolute Gasteiger partial charge is 0.149 e. The number of ether oxygens (including phenoxy) is 1. The quantitative estimate of drug-likeness (QED) is 0.739. The number of fused-ring (bicyclic) bond motifs is 1. The van der Waals surface area contributed by atoms with Crippen molar-refractivity contribution < 1.29 is 9.13 Å². The topological polar surface area (TPSA) is 48.1 Å². The number of benzene rings is 2. The second-order valence-corrected chi connectivity index (χ2v) is 4.46. The number of rotatable bonds is 3. The van der Waals surface area contributed by atoms with Gasteiger partial charge in [0.15, 0.2) is 0 Å². The first kappa shape index (κ1) is 12.4. The molecule has 0 atom stereocenters. The molecule has 0 saturated heterocycles. The minimum Gasteiger partial charge on any atom is -0.489 e. The molecule has 2 N–H and O–H groups in total. The monoisotopic (exact) mass is 268 g/mol. The number of anilines is 1. The van der Waals surface area contributed by atoms with Gasteiger partial charge >= 0.3 is 0 Å². The van der Waals surface area contributed by atoms with Gasteiger partial charge in [0.2, 0.25) is 0 Å². The van der Waals surface area contributed by atoms with E-state index in [0.717, 1.165) is 16.5 Å². The molecule has 0 saturated carbocycles. The van der Waals surface area contributed by atoms with Gasteiger partial charge in [0.05, 0.1) is 11.2 Å². The van der Waals surface area contributed by atoms with Gasteiger partial charge in [-0.3, -0.25) is 4.98 Å². The fourth-order valence-electron chi connectivity index (χ4n) is 2.04. The number of nitrogens with zero attached hydrogens (tertiary/aromatic N) is 1. The van der Waals surface area contributed by atoms with E-state index in [1.54, 1.807) is 12.3 Å². The second kappa shape index (κ2) is 5.17. The molecule has 4 heteroatoms. The fourth-order valence-corrected chi connectivity index (χ4v) is 2.04. The number of nitrogens with two attached hydrogens (primary N) is 1. The molecule has 0 aliphatic carbocycles. The van der Waals surface area contributed by atoms with Gasteiger partial charge in [-0.15, -0.1) is 0 Å². The molecular formula is C16H13FN2O. The van der Waals surface area contributed by atoms with Gasteiger partial charge in [0, 0.05) is 23.2 Å². The molecule has 0 unspecified atom stereocenters. The Morgan fingerprint density at radius 3 is 2.80 bits per heavy atom. The van der Waals surface area contributed by atoms with Crippen LogP contribution in [0, 0.1) is 5.82 Å². The lowest BCUT2D eigenvalue weighted by atomic mass is 10.1. The van der Waals surface area contributed by atoms with E-state index in [2.05, 4.69) is 4.98 Å². The van der Waals surface area contributed by atoms with Crippen LogP contribution >= 0.6 is 0 Å². The molecular weight excluding hydrogens is 255 g/mol. The van der Waals surface area contributed by atoms with Crippen molar-refractivity contribution in [2.24, 2.45) is 0 Å². The average Bonchev–Trinajstić information content (AvgIpc) is 2.48. The van der Waals surface area contributed by atoms with Crippen molar-refractivity contribution in [1.82, 2.24) is 4.98 Å². The molecule has 100 valence electrons. The summed E-state index contributed by atoms with van der Waals surface area (Å²) in [7, 11) is 0. The van der Waals surface area contributed by atoms with Crippen LogP contribution in [0.3, 0.4) is 0 Å². The first-order valence-electron chi connectivity index (χ1n) is 6.24. The molecule has 3 rings (SSSR count). The summed E-state index contributed by atoms with van der Waals surface area (Å²) in [6.07, 6.45) is 1.74. The van der Waals surface area contributed by atoms with Crippen LogP contribution in [0.15, 0.2) is 54.7 Å². The molecule has 0 fully saturated rings. The van der Waals surface area contributed by atoms with E-state index >= 15 is 0 Å². The van der Waals surface area contributed by atoms with Crippen LogP contribution in [0.2, 0.25) is 0 Å². The Hall–Kier alpha value is -2.62. The highest BCUT2D eigenvalue weighted by molar-refractivity contribution is 5.81. The third kappa shape index (κ3) is 2.40. The molecule has 0 aliphatic rings. The van der Waals surface area contributed by atoms with Crippen molar-refractivity contribution >= 4 is 16.6 Å². The predicted molar refractivity (Wildman–Crippen MR) is 76.9 cm³/mol. The summed E-state index contributed by atoms with van der Waals surface area (Å²) in [5.74, 6) is -0.0142. The molecule has 0 spiro atoms.